The van der Waals surface area contributed by atoms with Crippen molar-refractivity contribution in [3.05, 3.63) is 60.9 Å². The number of carbonyl (C=O) groups excluding carboxylic acids is 1. The molecule has 0 unspecified atom stereocenters. The lowest BCUT2D eigenvalue weighted by molar-refractivity contribution is -0.113. The Balaban J connectivity index is 1.70. The maximum atomic E-state index is 12.4. The van der Waals surface area contributed by atoms with Crippen molar-refractivity contribution in [1.29, 1.82) is 0 Å². The minimum atomic E-state index is -0.0643. The van der Waals surface area contributed by atoms with Gasteiger partial charge in [-0.15, -0.1) is 16.8 Å². The van der Waals surface area contributed by atoms with Gasteiger partial charge in [0, 0.05) is 23.5 Å². The first-order chi connectivity index (χ1) is 12.6. The van der Waals surface area contributed by atoms with Crippen LogP contribution in [0.4, 0.5) is 5.69 Å². The monoisotopic (exact) mass is 366 g/mol. The molecule has 0 saturated carbocycles. The third-order valence-electron chi connectivity index (χ3n) is 3.97. The highest BCUT2D eigenvalue weighted by Gasteiger charge is 2.16. The van der Waals surface area contributed by atoms with Crippen LogP contribution >= 0.6 is 11.8 Å². The third kappa shape index (κ3) is 3.96. The molecular formula is C20H22N4OS. The number of amides is 1. The second-order valence-corrected chi connectivity index (χ2v) is 7.20. The number of nitrogens with zero attached hydrogens (tertiary/aromatic N) is 3. The number of nitrogens with one attached hydrogen (secondary N) is 1. The Morgan fingerprint density at radius 3 is 2.77 bits per heavy atom. The topological polar surface area (TPSA) is 59.8 Å². The molecule has 134 valence electrons. The second kappa shape index (κ2) is 8.19. The standard InChI is InChI=1S/C20H22N4OS/c1-4-12-24-19(14(2)3)22-23-20(24)26-13-18(25)21-17-11-7-9-15-8-5-6-10-16(15)17/h4-11,14H,1,12-13H2,2-3H3,(H,21,25). The maximum absolute atomic E-state index is 12.4. The number of anilines is 1. The highest BCUT2D eigenvalue weighted by Crippen LogP contribution is 2.24. The van der Waals surface area contributed by atoms with Crippen molar-refractivity contribution in [3.63, 3.8) is 0 Å². The van der Waals surface area contributed by atoms with Gasteiger partial charge >= 0.3 is 0 Å². The molecule has 0 bridgehead atoms. The van der Waals surface area contributed by atoms with Gasteiger partial charge < -0.3 is 9.88 Å². The van der Waals surface area contributed by atoms with Crippen LogP contribution in [0.15, 0.2) is 60.3 Å². The molecule has 3 rings (SSSR count). The van der Waals surface area contributed by atoms with Gasteiger partial charge in [-0.3, -0.25) is 4.79 Å². The van der Waals surface area contributed by atoms with Crippen LogP contribution in [0.1, 0.15) is 25.6 Å². The van der Waals surface area contributed by atoms with Crippen molar-refractivity contribution < 1.29 is 4.79 Å². The Kier molecular flexibility index (Phi) is 5.73. The van der Waals surface area contributed by atoms with E-state index < -0.39 is 0 Å². The summed E-state index contributed by atoms with van der Waals surface area (Å²) in [7, 11) is 0. The third-order valence-corrected chi connectivity index (χ3v) is 4.94. The van der Waals surface area contributed by atoms with E-state index >= 15 is 0 Å². The van der Waals surface area contributed by atoms with Gasteiger partial charge in [-0.1, -0.05) is 68.1 Å². The van der Waals surface area contributed by atoms with Crippen LogP contribution in [-0.2, 0) is 11.3 Å². The first kappa shape index (κ1) is 18.2. The van der Waals surface area contributed by atoms with Crippen LogP contribution in [0.2, 0.25) is 0 Å². The highest BCUT2D eigenvalue weighted by molar-refractivity contribution is 7.99. The Labute approximate surface area is 157 Å². The van der Waals surface area contributed by atoms with Gasteiger partial charge in [-0.05, 0) is 11.5 Å². The van der Waals surface area contributed by atoms with Gasteiger partial charge in [-0.25, -0.2) is 0 Å². The Bertz CT molecular complexity index is 927. The fourth-order valence-corrected chi connectivity index (χ4v) is 3.54. The molecule has 0 spiro atoms. The van der Waals surface area contributed by atoms with E-state index in [2.05, 4.69) is 35.9 Å². The van der Waals surface area contributed by atoms with Crippen LogP contribution in [0, 0.1) is 0 Å². The van der Waals surface area contributed by atoms with Crippen molar-refractivity contribution in [1.82, 2.24) is 14.8 Å². The zero-order chi connectivity index (χ0) is 18.5. The van der Waals surface area contributed by atoms with Crippen molar-refractivity contribution in [2.24, 2.45) is 0 Å². The van der Waals surface area contributed by atoms with Gasteiger partial charge in [0.2, 0.25) is 5.91 Å². The lowest BCUT2D eigenvalue weighted by atomic mass is 10.1. The minimum absolute atomic E-state index is 0.0643. The maximum Gasteiger partial charge on any atom is 0.234 e. The first-order valence-corrected chi connectivity index (χ1v) is 9.53. The lowest BCUT2D eigenvalue weighted by Crippen LogP contribution is -2.15. The smallest absolute Gasteiger partial charge is 0.234 e. The molecule has 6 heteroatoms. The van der Waals surface area contributed by atoms with Crippen molar-refractivity contribution >= 4 is 34.1 Å². The number of benzene rings is 2. The Morgan fingerprint density at radius 1 is 1.23 bits per heavy atom. The molecule has 1 amide bonds. The summed E-state index contributed by atoms with van der Waals surface area (Å²) in [5.41, 5.74) is 0.823. The molecule has 0 fully saturated rings. The molecule has 0 aliphatic rings. The van der Waals surface area contributed by atoms with E-state index in [9.17, 15) is 4.79 Å². The van der Waals surface area contributed by atoms with Gasteiger partial charge in [0.25, 0.3) is 0 Å². The molecule has 0 radical (unpaired) electrons. The number of aromatic nitrogens is 3. The average molecular weight is 366 g/mol. The summed E-state index contributed by atoms with van der Waals surface area (Å²) in [6.07, 6.45) is 1.81. The number of carbonyl (C=O) groups is 1. The zero-order valence-electron chi connectivity index (χ0n) is 15.0. The van der Waals surface area contributed by atoms with E-state index in [1.54, 1.807) is 0 Å². The van der Waals surface area contributed by atoms with E-state index in [0.29, 0.717) is 6.54 Å². The van der Waals surface area contributed by atoms with Gasteiger partial charge in [0.05, 0.1) is 5.75 Å². The number of hydrogen-bond acceptors (Lipinski definition) is 4. The number of hydrogen-bond donors (Lipinski definition) is 1. The van der Waals surface area contributed by atoms with E-state index in [1.807, 2.05) is 53.1 Å². The number of thioether (sulfide) groups is 1. The van der Waals surface area contributed by atoms with Gasteiger partial charge in [0.15, 0.2) is 5.16 Å². The van der Waals surface area contributed by atoms with Crippen molar-refractivity contribution in [2.45, 2.75) is 31.5 Å². The molecule has 2 aromatic carbocycles. The molecule has 1 N–H and O–H groups in total. The Hall–Kier alpha value is -2.60. The minimum Gasteiger partial charge on any atom is -0.325 e. The molecule has 1 heterocycles. The molecule has 0 atom stereocenters. The lowest BCUT2D eigenvalue weighted by Gasteiger charge is -2.10. The van der Waals surface area contributed by atoms with E-state index in [1.165, 1.54) is 11.8 Å². The predicted octanol–water partition coefficient (Wildman–Crippen LogP) is 4.47. The number of fused-ring (bicyclic) bond motifs is 1. The van der Waals surface area contributed by atoms with Crippen molar-refractivity contribution in [3.8, 4) is 0 Å². The van der Waals surface area contributed by atoms with E-state index in [0.717, 1.165) is 27.4 Å². The summed E-state index contributed by atoms with van der Waals surface area (Å²) in [5.74, 6) is 1.38. The quantitative estimate of drug-likeness (QED) is 0.495. The summed E-state index contributed by atoms with van der Waals surface area (Å²) in [4.78, 5) is 12.4. The van der Waals surface area contributed by atoms with E-state index in [-0.39, 0.29) is 17.6 Å². The number of allylic oxidation sites excluding steroid dienone is 1. The summed E-state index contributed by atoms with van der Waals surface area (Å²) < 4.78 is 2.01. The molecule has 0 aliphatic heterocycles. The van der Waals surface area contributed by atoms with Crippen LogP contribution in [-0.4, -0.2) is 26.4 Å². The number of rotatable bonds is 7. The molecule has 26 heavy (non-hydrogen) atoms. The summed E-state index contributed by atoms with van der Waals surface area (Å²) >= 11 is 1.39. The van der Waals surface area contributed by atoms with Crippen molar-refractivity contribution in [2.75, 3.05) is 11.1 Å². The van der Waals surface area contributed by atoms with Crippen LogP contribution < -0.4 is 5.32 Å². The molecule has 0 saturated heterocycles. The normalized spacial score (nSPS) is 11.0. The largest absolute Gasteiger partial charge is 0.325 e. The average Bonchev–Trinajstić information content (AvgIpc) is 3.04. The van der Waals surface area contributed by atoms with Crippen LogP contribution in [0.25, 0.3) is 10.8 Å². The zero-order valence-corrected chi connectivity index (χ0v) is 15.8. The van der Waals surface area contributed by atoms with Gasteiger partial charge in [0.1, 0.15) is 5.82 Å². The van der Waals surface area contributed by atoms with E-state index in [4.69, 9.17) is 0 Å². The predicted molar refractivity (Wildman–Crippen MR) is 108 cm³/mol. The molecule has 5 nitrogen and oxygen atoms in total. The Morgan fingerprint density at radius 2 is 2.00 bits per heavy atom. The molecule has 1 aromatic heterocycles. The molecule has 3 aromatic rings. The van der Waals surface area contributed by atoms with Gasteiger partial charge in [-0.2, -0.15) is 0 Å². The summed E-state index contributed by atoms with van der Waals surface area (Å²) in [6.45, 7) is 8.57. The summed E-state index contributed by atoms with van der Waals surface area (Å²) in [6, 6.07) is 13.9. The van der Waals surface area contributed by atoms with Crippen LogP contribution in [0.5, 0.6) is 0 Å². The summed E-state index contributed by atoms with van der Waals surface area (Å²) in [5, 5.41) is 14.4. The highest BCUT2D eigenvalue weighted by atomic mass is 32.2. The fourth-order valence-electron chi connectivity index (χ4n) is 2.79. The SMILES string of the molecule is C=CCn1c(SCC(=O)Nc2cccc3ccccc23)nnc1C(C)C. The van der Waals surface area contributed by atoms with Crippen LogP contribution in [0.3, 0.4) is 0 Å². The fraction of sp³-hybridized carbons (Fsp3) is 0.250. The second-order valence-electron chi connectivity index (χ2n) is 6.26. The molecular weight excluding hydrogens is 344 g/mol. The first-order valence-electron chi connectivity index (χ1n) is 8.54. The molecule has 0 aliphatic carbocycles.